The minimum atomic E-state index is -0.0716. The molecule has 0 unspecified atom stereocenters. The van der Waals surface area contributed by atoms with Crippen LogP contribution in [-0.2, 0) is 0 Å². The van der Waals surface area contributed by atoms with E-state index in [9.17, 15) is 9.59 Å². The molecule has 0 saturated heterocycles. The zero-order valence-corrected chi connectivity index (χ0v) is 26.9. The van der Waals surface area contributed by atoms with Crippen LogP contribution in [0, 0.1) is 5.92 Å². The van der Waals surface area contributed by atoms with Gasteiger partial charge in [0.15, 0.2) is 11.6 Å². The van der Waals surface area contributed by atoms with Crippen molar-refractivity contribution < 1.29 is 9.59 Å². The Balaban J connectivity index is 1.11. The first kappa shape index (κ1) is 29.1. The Morgan fingerprint density at radius 3 is 1.75 bits per heavy atom. The van der Waals surface area contributed by atoms with Crippen molar-refractivity contribution in [3.63, 3.8) is 0 Å². The van der Waals surface area contributed by atoms with Gasteiger partial charge in [-0.15, -0.1) is 0 Å². The van der Waals surface area contributed by atoms with Gasteiger partial charge in [0.2, 0.25) is 0 Å². The summed E-state index contributed by atoms with van der Waals surface area (Å²) in [4.78, 5) is 31.8. The maximum atomic E-state index is 13.9. The van der Waals surface area contributed by atoms with Crippen LogP contribution in [0.15, 0.2) is 122 Å². The zero-order valence-electron chi connectivity index (χ0n) is 25.3. The van der Waals surface area contributed by atoms with Crippen molar-refractivity contribution >= 4 is 35.1 Å². The maximum Gasteiger partial charge on any atom is 0.195 e. The van der Waals surface area contributed by atoms with Gasteiger partial charge in [-0.05, 0) is 90.3 Å². The van der Waals surface area contributed by atoms with Crippen molar-refractivity contribution in [2.45, 2.75) is 73.0 Å². The smallest absolute Gasteiger partial charge is 0.195 e. The predicted molar refractivity (Wildman–Crippen MR) is 183 cm³/mol. The molecule has 0 amide bonds. The molecule has 4 aromatic rings. The van der Waals surface area contributed by atoms with E-state index < -0.39 is 0 Å². The Labute approximate surface area is 269 Å². The lowest BCUT2D eigenvalue weighted by molar-refractivity contribution is 0.0974. The number of fused-ring (bicyclic) bond motifs is 2. The second kappa shape index (κ2) is 12.4. The molecular weight excluding hydrogens is 577 g/mol. The number of hydrogen-bond donors (Lipinski definition) is 0. The first-order valence-electron chi connectivity index (χ1n) is 15.7. The highest BCUT2D eigenvalue weighted by molar-refractivity contribution is 8.03. The number of rotatable bonds is 6. The van der Waals surface area contributed by atoms with E-state index in [0.29, 0.717) is 28.2 Å². The zero-order chi connectivity index (χ0) is 30.2. The number of benzene rings is 4. The fourth-order valence-corrected chi connectivity index (χ4v) is 8.73. The van der Waals surface area contributed by atoms with E-state index in [1.807, 2.05) is 24.3 Å². The standard InChI is InChI=1S/C40H36O2S2/c1-25-9-13-27(14-10-25)28-15-17-29(18-16-28)30-19-23-32(24-20-30)44-36-8-4-6-34-38(36)40(42)33-5-3-7-35(37(33)39(34)41)43-31-21-11-26(2)12-22-31/h3-8,11,15-21,23-25,27H,9-10,12-14,22H2,1-2H3. The molecule has 0 bridgehead atoms. The molecule has 0 aliphatic heterocycles. The highest BCUT2D eigenvalue weighted by Gasteiger charge is 2.34. The molecule has 4 heteroatoms. The lowest BCUT2D eigenvalue weighted by Crippen LogP contribution is -2.22. The Kier molecular flexibility index (Phi) is 8.22. The normalized spacial score (nSPS) is 19.6. The summed E-state index contributed by atoms with van der Waals surface area (Å²) < 4.78 is 0. The fourth-order valence-electron chi connectivity index (χ4n) is 6.68. The number of carbonyl (C=O) groups is 2. The van der Waals surface area contributed by atoms with E-state index in [-0.39, 0.29) is 11.6 Å². The monoisotopic (exact) mass is 612 g/mol. The summed E-state index contributed by atoms with van der Waals surface area (Å²) in [6.45, 7) is 4.51. The lowest BCUT2D eigenvalue weighted by Gasteiger charge is -2.26. The van der Waals surface area contributed by atoms with Crippen molar-refractivity contribution in [3.05, 3.63) is 135 Å². The van der Waals surface area contributed by atoms with Crippen LogP contribution in [0.2, 0.25) is 0 Å². The van der Waals surface area contributed by atoms with E-state index >= 15 is 0 Å². The topological polar surface area (TPSA) is 34.1 Å². The van der Waals surface area contributed by atoms with Crippen LogP contribution in [0.5, 0.6) is 0 Å². The van der Waals surface area contributed by atoms with Gasteiger partial charge in [0.25, 0.3) is 0 Å². The summed E-state index contributed by atoms with van der Waals surface area (Å²) in [5, 5.41) is 0. The van der Waals surface area contributed by atoms with Crippen LogP contribution in [0.4, 0.5) is 0 Å². The molecule has 44 heavy (non-hydrogen) atoms. The number of thioether (sulfide) groups is 1. The van der Waals surface area contributed by atoms with Crippen LogP contribution in [0.1, 0.15) is 95.7 Å². The summed E-state index contributed by atoms with van der Waals surface area (Å²) in [5.74, 6) is 1.42. The lowest BCUT2D eigenvalue weighted by atomic mass is 9.79. The minimum absolute atomic E-state index is 0.0650. The minimum Gasteiger partial charge on any atom is -0.289 e. The highest BCUT2D eigenvalue weighted by atomic mass is 32.2. The summed E-state index contributed by atoms with van der Waals surface area (Å²) in [5.41, 5.74) is 7.28. The van der Waals surface area contributed by atoms with Gasteiger partial charge in [-0.1, -0.05) is 122 Å². The van der Waals surface area contributed by atoms with E-state index in [1.165, 1.54) is 52.9 Å². The Hall–Kier alpha value is -3.60. The van der Waals surface area contributed by atoms with E-state index in [2.05, 4.69) is 74.5 Å². The van der Waals surface area contributed by atoms with E-state index in [4.69, 9.17) is 0 Å². The molecule has 0 aromatic heterocycles. The van der Waals surface area contributed by atoms with Crippen LogP contribution in [-0.4, -0.2) is 11.6 Å². The molecule has 4 aromatic carbocycles. The molecule has 0 radical (unpaired) electrons. The van der Waals surface area contributed by atoms with Crippen LogP contribution < -0.4 is 0 Å². The van der Waals surface area contributed by atoms with Crippen LogP contribution >= 0.6 is 23.5 Å². The average Bonchev–Trinajstić information content (AvgIpc) is 3.05. The third-order valence-electron chi connectivity index (χ3n) is 9.37. The van der Waals surface area contributed by atoms with Gasteiger partial charge in [-0.2, -0.15) is 0 Å². The molecule has 3 aliphatic carbocycles. The van der Waals surface area contributed by atoms with Gasteiger partial charge in [0.05, 0.1) is 0 Å². The third kappa shape index (κ3) is 5.78. The average molecular weight is 613 g/mol. The molecule has 1 saturated carbocycles. The van der Waals surface area contributed by atoms with Gasteiger partial charge in [0.1, 0.15) is 0 Å². The first-order chi connectivity index (χ1) is 21.4. The number of carbonyl (C=O) groups excluding carboxylic acids is 2. The Bertz CT molecular complexity index is 1800. The molecule has 0 spiro atoms. The fraction of sp³-hybridized carbons (Fsp3) is 0.250. The molecule has 7 rings (SSSR count). The second-order valence-corrected chi connectivity index (χ2v) is 14.8. The predicted octanol–water partition coefficient (Wildman–Crippen LogP) is 11.3. The summed E-state index contributed by atoms with van der Waals surface area (Å²) in [6, 6.07) is 29.0. The SMILES string of the molecule is CC1=CC=C(Sc2cccc3c2C(=O)c2cccc(Sc4ccc(-c5ccc(C6CCC(C)CC6)cc5)cc4)c2C3=O)CC1. The molecule has 0 heterocycles. The third-order valence-corrected chi connectivity index (χ3v) is 11.6. The summed E-state index contributed by atoms with van der Waals surface area (Å²) >= 11 is 3.16. The second-order valence-electron chi connectivity index (χ2n) is 12.5. The van der Waals surface area contributed by atoms with Crippen molar-refractivity contribution in [3.8, 4) is 11.1 Å². The van der Waals surface area contributed by atoms with Gasteiger partial charge < -0.3 is 0 Å². The summed E-state index contributed by atoms with van der Waals surface area (Å²) in [6.07, 6.45) is 11.5. The van der Waals surface area contributed by atoms with E-state index in [0.717, 1.165) is 33.4 Å². The number of ketones is 2. The van der Waals surface area contributed by atoms with Gasteiger partial charge >= 0.3 is 0 Å². The molecule has 220 valence electrons. The van der Waals surface area contributed by atoms with Gasteiger partial charge in [-0.25, -0.2) is 0 Å². The molecule has 0 N–H and O–H groups in total. The maximum absolute atomic E-state index is 13.9. The Morgan fingerprint density at radius 2 is 1.18 bits per heavy atom. The molecule has 1 fully saturated rings. The van der Waals surface area contributed by atoms with Gasteiger partial charge in [0, 0.05) is 36.9 Å². The molecule has 0 atom stereocenters. The van der Waals surface area contributed by atoms with Crippen molar-refractivity contribution in [1.82, 2.24) is 0 Å². The van der Waals surface area contributed by atoms with Gasteiger partial charge in [-0.3, -0.25) is 9.59 Å². The largest absolute Gasteiger partial charge is 0.289 e. The van der Waals surface area contributed by atoms with Crippen LogP contribution in [0.3, 0.4) is 0 Å². The van der Waals surface area contributed by atoms with Crippen LogP contribution in [0.25, 0.3) is 11.1 Å². The Morgan fingerprint density at radius 1 is 0.614 bits per heavy atom. The van der Waals surface area contributed by atoms with Crippen molar-refractivity contribution in [2.24, 2.45) is 5.92 Å². The molecule has 2 nitrogen and oxygen atoms in total. The highest BCUT2D eigenvalue weighted by Crippen LogP contribution is 2.43. The number of hydrogen-bond acceptors (Lipinski definition) is 4. The molecular formula is C40H36O2S2. The van der Waals surface area contributed by atoms with Crippen molar-refractivity contribution in [2.75, 3.05) is 0 Å². The van der Waals surface area contributed by atoms with Crippen molar-refractivity contribution in [1.29, 1.82) is 0 Å². The molecule has 3 aliphatic rings. The summed E-state index contributed by atoms with van der Waals surface area (Å²) in [7, 11) is 0. The van der Waals surface area contributed by atoms with E-state index in [1.54, 1.807) is 35.7 Å². The quantitative estimate of drug-likeness (QED) is 0.191. The number of allylic oxidation sites excluding steroid dienone is 4. The first-order valence-corrected chi connectivity index (χ1v) is 17.4.